The maximum atomic E-state index is 6.08. The van der Waals surface area contributed by atoms with Gasteiger partial charge in [-0.1, -0.05) is 30.7 Å². The minimum absolute atomic E-state index is 0.385. The van der Waals surface area contributed by atoms with Gasteiger partial charge in [-0.2, -0.15) is 0 Å². The molecular weight excluding hydrogens is 262 g/mol. The highest BCUT2D eigenvalue weighted by atomic mass is 35.5. The Kier molecular flexibility index (Phi) is 8.07. The maximum absolute atomic E-state index is 6.08. The smallest absolute Gasteiger partial charge is 0.0587 e. The van der Waals surface area contributed by atoms with Crippen LogP contribution in [0.2, 0.25) is 5.02 Å². The van der Waals surface area contributed by atoms with Gasteiger partial charge in [0, 0.05) is 44.9 Å². The average molecular weight is 286 g/mol. The first kappa shape index (κ1) is 16.4. The van der Waals surface area contributed by atoms with Crippen LogP contribution in [-0.2, 0) is 9.47 Å². The minimum atomic E-state index is 0.385. The normalized spacial score (nSPS) is 14.3. The Morgan fingerprint density at radius 3 is 2.68 bits per heavy atom. The number of benzene rings is 1. The van der Waals surface area contributed by atoms with Crippen molar-refractivity contribution < 1.29 is 9.47 Å². The largest absolute Gasteiger partial charge is 0.384 e. The summed E-state index contributed by atoms with van der Waals surface area (Å²) in [6.07, 6.45) is 0. The number of nitrogens with one attached hydrogen (secondary N) is 1. The number of halogens is 1. The molecule has 2 unspecified atom stereocenters. The van der Waals surface area contributed by atoms with Crippen LogP contribution in [0.4, 0.5) is 0 Å². The van der Waals surface area contributed by atoms with E-state index in [0.29, 0.717) is 11.8 Å². The average Bonchev–Trinajstić information content (AvgIpc) is 2.39. The first-order valence-corrected chi connectivity index (χ1v) is 7.01. The van der Waals surface area contributed by atoms with Gasteiger partial charge in [-0.3, -0.25) is 0 Å². The molecule has 0 aliphatic heterocycles. The molecule has 0 fully saturated rings. The molecule has 0 aliphatic carbocycles. The fourth-order valence-electron chi connectivity index (χ4n) is 2.20. The molecule has 108 valence electrons. The van der Waals surface area contributed by atoms with Crippen molar-refractivity contribution in [3.8, 4) is 0 Å². The third-order valence-corrected chi connectivity index (χ3v) is 3.48. The molecule has 3 nitrogen and oxygen atoms in total. The molecule has 0 heterocycles. The highest BCUT2D eigenvalue weighted by molar-refractivity contribution is 6.30. The quantitative estimate of drug-likeness (QED) is 0.708. The predicted octanol–water partition coefficient (Wildman–Crippen LogP) is 2.94. The van der Waals surface area contributed by atoms with Gasteiger partial charge in [-0.15, -0.1) is 0 Å². The van der Waals surface area contributed by atoms with E-state index in [9.17, 15) is 0 Å². The minimum Gasteiger partial charge on any atom is -0.384 e. The molecule has 0 saturated heterocycles. The number of hydrogen-bond acceptors (Lipinski definition) is 3. The second-order valence-corrected chi connectivity index (χ2v) is 5.23. The molecular formula is C15H24ClNO2. The van der Waals surface area contributed by atoms with Crippen LogP contribution in [0.15, 0.2) is 24.3 Å². The summed E-state index contributed by atoms with van der Waals surface area (Å²) in [5.74, 6) is 0.814. The number of methoxy groups -OCH3 is 2. The van der Waals surface area contributed by atoms with Crippen molar-refractivity contribution in [2.75, 3.05) is 40.5 Å². The zero-order valence-corrected chi connectivity index (χ0v) is 12.7. The molecule has 0 bridgehead atoms. The van der Waals surface area contributed by atoms with E-state index in [0.717, 1.165) is 31.3 Å². The van der Waals surface area contributed by atoms with E-state index in [1.165, 1.54) is 5.56 Å². The molecule has 1 aromatic carbocycles. The van der Waals surface area contributed by atoms with Crippen molar-refractivity contribution in [3.05, 3.63) is 34.9 Å². The summed E-state index contributed by atoms with van der Waals surface area (Å²) >= 11 is 6.08. The number of ether oxygens (including phenoxy) is 2. The van der Waals surface area contributed by atoms with Gasteiger partial charge in [0.1, 0.15) is 0 Å². The van der Waals surface area contributed by atoms with Gasteiger partial charge in [0.2, 0.25) is 0 Å². The molecule has 4 heteroatoms. The molecule has 1 aromatic rings. The monoisotopic (exact) mass is 285 g/mol. The molecule has 0 saturated carbocycles. The van der Waals surface area contributed by atoms with E-state index in [4.69, 9.17) is 21.1 Å². The predicted molar refractivity (Wildman–Crippen MR) is 80.0 cm³/mol. The van der Waals surface area contributed by atoms with Crippen molar-refractivity contribution in [2.24, 2.45) is 5.92 Å². The van der Waals surface area contributed by atoms with Gasteiger partial charge in [-0.25, -0.2) is 0 Å². The van der Waals surface area contributed by atoms with Crippen LogP contribution < -0.4 is 5.32 Å². The molecule has 19 heavy (non-hydrogen) atoms. The van der Waals surface area contributed by atoms with E-state index in [1.807, 2.05) is 18.2 Å². The van der Waals surface area contributed by atoms with E-state index in [2.05, 4.69) is 18.3 Å². The number of rotatable bonds is 9. The lowest BCUT2D eigenvalue weighted by molar-refractivity contribution is 0.144. The van der Waals surface area contributed by atoms with E-state index in [-0.39, 0.29) is 0 Å². The van der Waals surface area contributed by atoms with E-state index in [1.54, 1.807) is 14.2 Å². The van der Waals surface area contributed by atoms with Crippen LogP contribution in [0.1, 0.15) is 18.4 Å². The fourth-order valence-corrected chi connectivity index (χ4v) is 2.39. The van der Waals surface area contributed by atoms with Crippen LogP contribution in [0.25, 0.3) is 0 Å². The highest BCUT2D eigenvalue weighted by Crippen LogP contribution is 2.26. The summed E-state index contributed by atoms with van der Waals surface area (Å²) in [6, 6.07) is 8.07. The van der Waals surface area contributed by atoms with Gasteiger partial charge in [-0.05, 0) is 23.6 Å². The summed E-state index contributed by atoms with van der Waals surface area (Å²) in [4.78, 5) is 0. The lowest BCUT2D eigenvalue weighted by Crippen LogP contribution is -2.29. The van der Waals surface area contributed by atoms with Crippen molar-refractivity contribution >= 4 is 11.6 Å². The molecule has 0 spiro atoms. The Balaban J connectivity index is 2.68. The topological polar surface area (TPSA) is 30.5 Å². The molecule has 0 amide bonds. The SMILES string of the molecule is COCCNCC(c1cccc(Cl)c1)C(C)COC. The Morgan fingerprint density at radius 2 is 2.05 bits per heavy atom. The molecule has 1 rings (SSSR count). The van der Waals surface area contributed by atoms with Crippen molar-refractivity contribution in [2.45, 2.75) is 12.8 Å². The van der Waals surface area contributed by atoms with E-state index < -0.39 is 0 Å². The maximum Gasteiger partial charge on any atom is 0.0587 e. The molecule has 1 N–H and O–H groups in total. The van der Waals surface area contributed by atoms with Crippen LogP contribution in [0.3, 0.4) is 0 Å². The third kappa shape index (κ3) is 5.91. The zero-order valence-electron chi connectivity index (χ0n) is 12.0. The second kappa shape index (κ2) is 9.32. The van der Waals surface area contributed by atoms with Gasteiger partial charge in [0.05, 0.1) is 6.61 Å². The van der Waals surface area contributed by atoms with E-state index >= 15 is 0 Å². The Labute approximate surface area is 121 Å². The van der Waals surface area contributed by atoms with Crippen LogP contribution >= 0.6 is 11.6 Å². The summed E-state index contributed by atoms with van der Waals surface area (Å²) in [7, 11) is 3.45. The molecule has 0 aliphatic rings. The first-order valence-electron chi connectivity index (χ1n) is 6.63. The number of hydrogen-bond donors (Lipinski definition) is 1. The van der Waals surface area contributed by atoms with Crippen molar-refractivity contribution in [1.29, 1.82) is 0 Å². The Hall–Kier alpha value is -0.610. The molecule has 0 aromatic heterocycles. The third-order valence-electron chi connectivity index (χ3n) is 3.24. The molecule has 0 radical (unpaired) electrons. The van der Waals surface area contributed by atoms with Gasteiger partial charge < -0.3 is 14.8 Å². The first-order chi connectivity index (χ1) is 9.19. The fraction of sp³-hybridized carbons (Fsp3) is 0.600. The van der Waals surface area contributed by atoms with Crippen molar-refractivity contribution in [3.63, 3.8) is 0 Å². The van der Waals surface area contributed by atoms with Crippen molar-refractivity contribution in [1.82, 2.24) is 5.32 Å². The second-order valence-electron chi connectivity index (χ2n) is 4.79. The zero-order chi connectivity index (χ0) is 14.1. The van der Waals surface area contributed by atoms with Gasteiger partial charge in [0.25, 0.3) is 0 Å². The lowest BCUT2D eigenvalue weighted by Gasteiger charge is -2.24. The Morgan fingerprint density at radius 1 is 1.26 bits per heavy atom. The summed E-state index contributed by atoms with van der Waals surface area (Å²) < 4.78 is 10.3. The summed E-state index contributed by atoms with van der Waals surface area (Å²) in [5, 5.41) is 4.20. The van der Waals surface area contributed by atoms with Gasteiger partial charge in [0.15, 0.2) is 0 Å². The lowest BCUT2D eigenvalue weighted by atomic mass is 9.87. The Bertz CT molecular complexity index is 360. The highest BCUT2D eigenvalue weighted by Gasteiger charge is 2.19. The summed E-state index contributed by atoms with van der Waals surface area (Å²) in [6.45, 7) is 5.42. The molecule has 2 atom stereocenters. The summed E-state index contributed by atoms with van der Waals surface area (Å²) in [5.41, 5.74) is 1.25. The van der Waals surface area contributed by atoms with Crippen LogP contribution in [-0.4, -0.2) is 40.5 Å². The van der Waals surface area contributed by atoms with Crippen LogP contribution in [0, 0.1) is 5.92 Å². The van der Waals surface area contributed by atoms with Crippen LogP contribution in [0.5, 0.6) is 0 Å². The standard InChI is InChI=1S/C15H24ClNO2/c1-12(11-19-3)15(10-17-7-8-18-2)13-5-4-6-14(16)9-13/h4-6,9,12,15,17H,7-8,10-11H2,1-3H3. The van der Waals surface area contributed by atoms with Gasteiger partial charge >= 0.3 is 0 Å².